The number of nitrogens with two attached hydrogens (primary N) is 1. The zero-order valence-electron chi connectivity index (χ0n) is 8.96. The zero-order chi connectivity index (χ0) is 11.5. The lowest BCUT2D eigenvalue weighted by molar-refractivity contribution is 0.276. The highest BCUT2D eigenvalue weighted by molar-refractivity contribution is 7.90. The van der Waals surface area contributed by atoms with Crippen LogP contribution in [0.5, 0.6) is 0 Å². The Morgan fingerprint density at radius 2 is 1.81 bits per heavy atom. The number of sulfone groups is 1. The first-order valence-electron chi connectivity index (χ1n) is 4.61. The molecule has 0 aliphatic carbocycles. The lowest BCUT2D eigenvalue weighted by Crippen LogP contribution is -2.12. The average Bonchev–Trinajstić information content (AvgIpc) is 2.17. The van der Waals surface area contributed by atoms with Crippen LogP contribution >= 0.6 is 12.4 Å². The highest BCUT2D eigenvalue weighted by Gasteiger charge is 2.09. The van der Waals surface area contributed by atoms with E-state index in [4.69, 9.17) is 10.8 Å². The van der Waals surface area contributed by atoms with Gasteiger partial charge in [0.2, 0.25) is 0 Å². The Kier molecular flexibility index (Phi) is 5.96. The van der Waals surface area contributed by atoms with Crippen molar-refractivity contribution in [2.24, 2.45) is 5.73 Å². The quantitative estimate of drug-likeness (QED) is 0.847. The molecule has 1 aromatic carbocycles. The Balaban J connectivity index is 0.00000225. The molecule has 3 N–H and O–H groups in total. The Bertz CT molecular complexity index is 416. The Hall–Kier alpha value is -0.620. The maximum Gasteiger partial charge on any atom is 0.175 e. The van der Waals surface area contributed by atoms with E-state index in [1.165, 1.54) is 12.1 Å². The van der Waals surface area contributed by atoms with E-state index in [2.05, 4.69) is 0 Å². The molecule has 0 heterocycles. The average molecular weight is 266 g/mol. The highest BCUT2D eigenvalue weighted by atomic mass is 35.5. The summed E-state index contributed by atoms with van der Waals surface area (Å²) in [6.45, 7) is 0.0228. The van der Waals surface area contributed by atoms with Gasteiger partial charge in [-0.15, -0.1) is 12.4 Å². The molecule has 1 rings (SSSR count). The highest BCUT2D eigenvalue weighted by Crippen LogP contribution is 2.16. The monoisotopic (exact) mass is 265 g/mol. The minimum absolute atomic E-state index is 0. The number of benzene rings is 1. The first-order valence-corrected chi connectivity index (χ1v) is 6.50. The van der Waals surface area contributed by atoms with Gasteiger partial charge in [-0.1, -0.05) is 12.1 Å². The zero-order valence-corrected chi connectivity index (χ0v) is 10.6. The molecule has 92 valence electrons. The largest absolute Gasteiger partial charge is 0.396 e. The van der Waals surface area contributed by atoms with Crippen molar-refractivity contribution in [2.75, 3.05) is 12.9 Å². The molecule has 0 aromatic heterocycles. The van der Waals surface area contributed by atoms with Crippen molar-refractivity contribution >= 4 is 22.2 Å². The van der Waals surface area contributed by atoms with E-state index >= 15 is 0 Å². The predicted octanol–water partition coefficient (Wildman–Crippen LogP) is 0.894. The van der Waals surface area contributed by atoms with Crippen molar-refractivity contribution in [2.45, 2.75) is 17.4 Å². The van der Waals surface area contributed by atoms with E-state index in [0.717, 1.165) is 11.8 Å². The fraction of sp³-hybridized carbons (Fsp3) is 0.400. The maximum absolute atomic E-state index is 11.2. The minimum Gasteiger partial charge on any atom is -0.396 e. The summed E-state index contributed by atoms with van der Waals surface area (Å²) in [4.78, 5) is 0.280. The third-order valence-corrected chi connectivity index (χ3v) is 3.30. The van der Waals surface area contributed by atoms with Gasteiger partial charge >= 0.3 is 0 Å². The normalized spacial score (nSPS) is 12.9. The number of rotatable bonds is 4. The molecule has 0 spiro atoms. The van der Waals surface area contributed by atoms with Crippen molar-refractivity contribution in [1.82, 2.24) is 0 Å². The fourth-order valence-electron chi connectivity index (χ4n) is 1.27. The van der Waals surface area contributed by atoms with Crippen LogP contribution in [0, 0.1) is 0 Å². The summed E-state index contributed by atoms with van der Waals surface area (Å²) >= 11 is 0. The van der Waals surface area contributed by atoms with Crippen molar-refractivity contribution in [1.29, 1.82) is 0 Å². The Morgan fingerprint density at radius 3 is 2.19 bits per heavy atom. The molecule has 16 heavy (non-hydrogen) atoms. The second-order valence-electron chi connectivity index (χ2n) is 3.46. The van der Waals surface area contributed by atoms with Crippen LogP contribution < -0.4 is 5.73 Å². The lowest BCUT2D eigenvalue weighted by Gasteiger charge is -2.10. The van der Waals surface area contributed by atoms with Gasteiger partial charge in [0.15, 0.2) is 9.84 Å². The van der Waals surface area contributed by atoms with Gasteiger partial charge < -0.3 is 10.8 Å². The van der Waals surface area contributed by atoms with Gasteiger partial charge in [0.1, 0.15) is 0 Å². The summed E-state index contributed by atoms with van der Waals surface area (Å²) < 4.78 is 22.3. The topological polar surface area (TPSA) is 80.4 Å². The third-order valence-electron chi connectivity index (χ3n) is 2.18. The fourth-order valence-corrected chi connectivity index (χ4v) is 1.90. The van der Waals surface area contributed by atoms with Crippen LogP contribution in [0.25, 0.3) is 0 Å². The van der Waals surface area contributed by atoms with Crippen LogP contribution in [0.15, 0.2) is 29.2 Å². The molecule has 0 radical (unpaired) electrons. The third kappa shape index (κ3) is 4.09. The molecule has 1 atom stereocenters. The van der Waals surface area contributed by atoms with Crippen LogP contribution in [0.1, 0.15) is 18.0 Å². The van der Waals surface area contributed by atoms with Crippen LogP contribution in [0.2, 0.25) is 0 Å². The molecule has 0 saturated carbocycles. The van der Waals surface area contributed by atoms with Gasteiger partial charge in [-0.3, -0.25) is 0 Å². The van der Waals surface area contributed by atoms with Gasteiger partial charge in [-0.05, 0) is 24.1 Å². The molecule has 0 aliphatic heterocycles. The summed E-state index contributed by atoms with van der Waals surface area (Å²) in [5, 5.41) is 8.71. The number of aliphatic hydroxyl groups is 1. The number of aliphatic hydroxyl groups excluding tert-OH is 1. The van der Waals surface area contributed by atoms with Gasteiger partial charge in [0.05, 0.1) is 4.90 Å². The van der Waals surface area contributed by atoms with E-state index in [0.29, 0.717) is 6.42 Å². The van der Waals surface area contributed by atoms with Gasteiger partial charge in [0, 0.05) is 18.9 Å². The van der Waals surface area contributed by atoms with Crippen molar-refractivity contribution < 1.29 is 13.5 Å². The molecule has 1 aromatic rings. The van der Waals surface area contributed by atoms with Crippen LogP contribution in [-0.2, 0) is 9.84 Å². The first-order chi connectivity index (χ1) is 6.95. The van der Waals surface area contributed by atoms with Gasteiger partial charge in [-0.2, -0.15) is 0 Å². The van der Waals surface area contributed by atoms with Crippen LogP contribution in [0.3, 0.4) is 0 Å². The molecule has 0 bridgehead atoms. The number of halogens is 1. The lowest BCUT2D eigenvalue weighted by atomic mass is 10.1. The predicted molar refractivity (Wildman–Crippen MR) is 65.4 cm³/mol. The van der Waals surface area contributed by atoms with Crippen molar-refractivity contribution in [3.63, 3.8) is 0 Å². The number of hydrogen-bond donors (Lipinski definition) is 2. The minimum atomic E-state index is -3.15. The van der Waals surface area contributed by atoms with Crippen LogP contribution in [-0.4, -0.2) is 26.4 Å². The molecule has 0 amide bonds. The number of hydrogen-bond acceptors (Lipinski definition) is 4. The second kappa shape index (κ2) is 6.20. The molecular formula is C10H16ClNO3S. The molecule has 4 nitrogen and oxygen atoms in total. The van der Waals surface area contributed by atoms with E-state index < -0.39 is 9.84 Å². The standard InChI is InChI=1S/C10H15NO3S.ClH/c1-15(13,14)9-4-2-8(3-5-9)10(11)6-7-12;/h2-5,10,12H,6-7,11H2,1H3;1H. The smallest absolute Gasteiger partial charge is 0.175 e. The molecule has 0 saturated heterocycles. The summed E-state index contributed by atoms with van der Waals surface area (Å²) in [5.74, 6) is 0. The summed E-state index contributed by atoms with van der Waals surface area (Å²) in [5.41, 5.74) is 6.59. The summed E-state index contributed by atoms with van der Waals surface area (Å²) in [6, 6.07) is 6.17. The molecule has 1 unspecified atom stereocenters. The Morgan fingerprint density at radius 1 is 1.31 bits per heavy atom. The van der Waals surface area contributed by atoms with Gasteiger partial charge in [0.25, 0.3) is 0 Å². The Labute approximate surface area is 102 Å². The van der Waals surface area contributed by atoms with Crippen molar-refractivity contribution in [3.8, 4) is 0 Å². The maximum atomic E-state index is 11.2. The molecular weight excluding hydrogens is 250 g/mol. The van der Waals surface area contributed by atoms with E-state index in [1.54, 1.807) is 12.1 Å². The van der Waals surface area contributed by atoms with Crippen LogP contribution in [0.4, 0.5) is 0 Å². The van der Waals surface area contributed by atoms with E-state index in [1.807, 2.05) is 0 Å². The van der Waals surface area contributed by atoms with E-state index in [9.17, 15) is 8.42 Å². The van der Waals surface area contributed by atoms with Crippen molar-refractivity contribution in [3.05, 3.63) is 29.8 Å². The van der Waals surface area contributed by atoms with E-state index in [-0.39, 0.29) is 30.0 Å². The van der Waals surface area contributed by atoms with Gasteiger partial charge in [-0.25, -0.2) is 8.42 Å². The molecule has 6 heteroatoms. The first kappa shape index (κ1) is 15.4. The second-order valence-corrected chi connectivity index (χ2v) is 5.48. The SMILES string of the molecule is CS(=O)(=O)c1ccc(C(N)CCO)cc1.Cl. The summed E-state index contributed by atoms with van der Waals surface area (Å²) in [7, 11) is -3.15. The molecule has 0 fully saturated rings. The molecule has 0 aliphatic rings. The summed E-state index contributed by atoms with van der Waals surface area (Å²) in [6.07, 6.45) is 1.63.